The van der Waals surface area contributed by atoms with E-state index in [1.807, 2.05) is 19.4 Å². The van der Waals surface area contributed by atoms with Gasteiger partial charge in [0.15, 0.2) is 0 Å². The summed E-state index contributed by atoms with van der Waals surface area (Å²) >= 11 is 5.65. The predicted molar refractivity (Wildman–Crippen MR) is 77.6 cm³/mol. The summed E-state index contributed by atoms with van der Waals surface area (Å²) in [6.45, 7) is 5.35. The molecule has 0 spiro atoms. The number of hydrogen-bond acceptors (Lipinski definition) is 3. The summed E-state index contributed by atoms with van der Waals surface area (Å²) in [6.07, 6.45) is 3.77. The first kappa shape index (κ1) is 16.0. The second-order valence-electron chi connectivity index (χ2n) is 4.55. The van der Waals surface area contributed by atoms with Crippen molar-refractivity contribution in [2.45, 2.75) is 5.92 Å². The lowest BCUT2D eigenvalue weighted by molar-refractivity contribution is -0.124. The molecule has 2 N–H and O–H groups in total. The Hall–Kier alpha value is -1.04. The molecule has 0 aromatic carbocycles. The molecule has 1 saturated heterocycles. The monoisotopic (exact) mass is 304 g/mol. The fourth-order valence-electron chi connectivity index (χ4n) is 2.25. The van der Waals surface area contributed by atoms with E-state index >= 15 is 0 Å². The highest BCUT2D eigenvalue weighted by molar-refractivity contribution is 6.29. The van der Waals surface area contributed by atoms with Crippen molar-refractivity contribution >= 4 is 29.9 Å². The van der Waals surface area contributed by atoms with Crippen LogP contribution in [0.1, 0.15) is 11.5 Å². The number of rotatable bonds is 4. The number of carbonyl (C=O) groups is 1. The molecule has 1 aliphatic rings. The molecule has 106 valence electrons. The molecular weight excluding hydrogens is 287 g/mol. The number of carbonyl (C=O) groups excluding carboxylic acids is 1. The number of nitrogens with zero attached hydrogens (tertiary/aromatic N) is 2. The zero-order valence-corrected chi connectivity index (χ0v) is 12.3. The minimum absolute atomic E-state index is 0. The molecule has 1 aliphatic heterocycles. The number of halogens is 2. The third-order valence-corrected chi connectivity index (χ3v) is 3.29. The Labute approximate surface area is 123 Å². The maximum absolute atomic E-state index is 12.1. The Morgan fingerprint density at radius 1 is 1.68 bits per heavy atom. The van der Waals surface area contributed by atoms with Crippen LogP contribution in [-0.2, 0) is 11.8 Å². The van der Waals surface area contributed by atoms with Crippen molar-refractivity contribution in [3.8, 4) is 0 Å². The summed E-state index contributed by atoms with van der Waals surface area (Å²) < 4.78 is 1.75. The van der Waals surface area contributed by atoms with Gasteiger partial charge in [0.05, 0.1) is 18.7 Å². The first-order valence-corrected chi connectivity index (χ1v) is 6.26. The SMILES string of the molecule is C=C(Cl)CNC(=O)[C@H]1CNC[C@@H]1c1cnn(C)c1.Cl. The van der Waals surface area contributed by atoms with Gasteiger partial charge in [-0.15, -0.1) is 12.4 Å². The third-order valence-electron chi connectivity index (χ3n) is 3.16. The van der Waals surface area contributed by atoms with Crippen LogP contribution in [0.4, 0.5) is 0 Å². The molecule has 2 heterocycles. The van der Waals surface area contributed by atoms with Gasteiger partial charge in [-0.05, 0) is 5.56 Å². The minimum atomic E-state index is -0.0785. The molecule has 2 rings (SSSR count). The molecule has 7 heteroatoms. The smallest absolute Gasteiger partial charge is 0.225 e. The summed E-state index contributed by atoms with van der Waals surface area (Å²) in [6, 6.07) is 0. The van der Waals surface area contributed by atoms with Gasteiger partial charge in [-0.2, -0.15) is 5.10 Å². The molecule has 2 atom stereocenters. The topological polar surface area (TPSA) is 59.0 Å². The van der Waals surface area contributed by atoms with E-state index in [0.717, 1.165) is 12.1 Å². The molecular formula is C12H18Cl2N4O. The fraction of sp³-hybridized carbons (Fsp3) is 0.500. The Morgan fingerprint density at radius 3 is 3.00 bits per heavy atom. The Balaban J connectivity index is 0.00000180. The average molecular weight is 305 g/mol. The van der Waals surface area contributed by atoms with E-state index in [1.165, 1.54) is 0 Å². The lowest BCUT2D eigenvalue weighted by atomic mass is 9.90. The molecule has 1 amide bonds. The first-order chi connectivity index (χ1) is 8.58. The van der Waals surface area contributed by atoms with Gasteiger partial charge in [0.25, 0.3) is 0 Å². The van der Waals surface area contributed by atoms with E-state index < -0.39 is 0 Å². The van der Waals surface area contributed by atoms with E-state index in [2.05, 4.69) is 22.3 Å². The summed E-state index contributed by atoms with van der Waals surface area (Å²) in [5.74, 6) is 0.100. The maximum Gasteiger partial charge on any atom is 0.225 e. The number of aromatic nitrogens is 2. The van der Waals surface area contributed by atoms with Gasteiger partial charge in [-0.3, -0.25) is 9.48 Å². The lowest BCUT2D eigenvalue weighted by Crippen LogP contribution is -2.34. The molecule has 1 aromatic heterocycles. The van der Waals surface area contributed by atoms with Gasteiger partial charge >= 0.3 is 0 Å². The summed E-state index contributed by atoms with van der Waals surface area (Å²) in [5, 5.41) is 10.6. The van der Waals surface area contributed by atoms with Crippen LogP contribution in [0.15, 0.2) is 24.0 Å². The summed E-state index contributed by atoms with van der Waals surface area (Å²) in [4.78, 5) is 12.1. The third kappa shape index (κ3) is 3.96. The van der Waals surface area contributed by atoms with Crippen LogP contribution in [0.3, 0.4) is 0 Å². The number of amides is 1. The van der Waals surface area contributed by atoms with Crippen LogP contribution in [0.5, 0.6) is 0 Å². The number of hydrogen-bond donors (Lipinski definition) is 2. The minimum Gasteiger partial charge on any atom is -0.351 e. The van der Waals surface area contributed by atoms with E-state index in [4.69, 9.17) is 11.6 Å². The van der Waals surface area contributed by atoms with Crippen molar-refractivity contribution in [1.82, 2.24) is 20.4 Å². The standard InChI is InChI=1S/C12H17ClN4O.ClH/c1-8(13)3-15-12(18)11-6-14-5-10(11)9-4-16-17(2)7-9;/h4,7,10-11,14H,1,3,5-6H2,2H3,(H,15,18);1H/t10-,11+;/m1./s1. The van der Waals surface area contributed by atoms with Gasteiger partial charge in [0.1, 0.15) is 0 Å². The highest BCUT2D eigenvalue weighted by Crippen LogP contribution is 2.27. The van der Waals surface area contributed by atoms with E-state index in [1.54, 1.807) is 4.68 Å². The zero-order valence-electron chi connectivity index (χ0n) is 10.7. The molecule has 5 nitrogen and oxygen atoms in total. The molecule has 0 bridgehead atoms. The van der Waals surface area contributed by atoms with Gasteiger partial charge < -0.3 is 10.6 Å². The van der Waals surface area contributed by atoms with Gasteiger partial charge in [0, 0.05) is 37.3 Å². The molecule has 0 radical (unpaired) electrons. The van der Waals surface area contributed by atoms with Crippen molar-refractivity contribution in [3.63, 3.8) is 0 Å². The second kappa shape index (κ2) is 6.93. The fourth-order valence-corrected chi connectivity index (χ4v) is 2.32. The zero-order chi connectivity index (χ0) is 13.1. The quantitative estimate of drug-likeness (QED) is 0.873. The Kier molecular flexibility index (Phi) is 5.85. The predicted octanol–water partition coefficient (Wildman–Crippen LogP) is 1.01. The summed E-state index contributed by atoms with van der Waals surface area (Å²) in [7, 11) is 1.87. The lowest BCUT2D eigenvalue weighted by Gasteiger charge is -2.16. The molecule has 1 fully saturated rings. The first-order valence-electron chi connectivity index (χ1n) is 5.88. The highest BCUT2D eigenvalue weighted by Gasteiger charge is 2.34. The molecule has 19 heavy (non-hydrogen) atoms. The van der Waals surface area contributed by atoms with Gasteiger partial charge in [0.2, 0.25) is 5.91 Å². The molecule has 1 aromatic rings. The molecule has 0 unspecified atom stereocenters. The van der Waals surface area contributed by atoms with Crippen molar-refractivity contribution in [2.75, 3.05) is 19.6 Å². The van der Waals surface area contributed by atoms with Crippen LogP contribution >= 0.6 is 24.0 Å². The summed E-state index contributed by atoms with van der Waals surface area (Å²) in [5.41, 5.74) is 1.09. The normalized spacial score (nSPS) is 21.8. The van der Waals surface area contributed by atoms with Crippen LogP contribution in [0, 0.1) is 5.92 Å². The van der Waals surface area contributed by atoms with E-state index in [-0.39, 0.29) is 30.2 Å². The Morgan fingerprint density at radius 2 is 2.42 bits per heavy atom. The van der Waals surface area contributed by atoms with Crippen molar-refractivity contribution < 1.29 is 4.79 Å². The highest BCUT2D eigenvalue weighted by atomic mass is 35.5. The molecule has 0 aliphatic carbocycles. The molecule has 0 saturated carbocycles. The largest absolute Gasteiger partial charge is 0.351 e. The van der Waals surface area contributed by atoms with Crippen molar-refractivity contribution in [1.29, 1.82) is 0 Å². The average Bonchev–Trinajstić information content (AvgIpc) is 2.93. The Bertz CT molecular complexity index is 460. The van der Waals surface area contributed by atoms with E-state index in [0.29, 0.717) is 18.1 Å². The maximum atomic E-state index is 12.1. The van der Waals surface area contributed by atoms with Gasteiger partial charge in [-0.25, -0.2) is 0 Å². The second-order valence-corrected chi connectivity index (χ2v) is 5.09. The van der Waals surface area contributed by atoms with Crippen LogP contribution in [0.25, 0.3) is 0 Å². The van der Waals surface area contributed by atoms with Crippen molar-refractivity contribution in [2.24, 2.45) is 13.0 Å². The van der Waals surface area contributed by atoms with Gasteiger partial charge in [-0.1, -0.05) is 18.2 Å². The van der Waals surface area contributed by atoms with Crippen molar-refractivity contribution in [3.05, 3.63) is 29.6 Å². The van der Waals surface area contributed by atoms with Crippen LogP contribution in [-0.4, -0.2) is 35.3 Å². The van der Waals surface area contributed by atoms with Crippen LogP contribution in [0.2, 0.25) is 0 Å². The van der Waals surface area contributed by atoms with Crippen LogP contribution < -0.4 is 10.6 Å². The van der Waals surface area contributed by atoms with E-state index in [9.17, 15) is 4.79 Å². The number of aryl methyl sites for hydroxylation is 1. The number of nitrogens with one attached hydrogen (secondary N) is 2.